The van der Waals surface area contributed by atoms with E-state index in [4.69, 9.17) is 0 Å². The van der Waals surface area contributed by atoms with Crippen LogP contribution in [0.1, 0.15) is 18.4 Å². The molecular weight excluding hydrogens is 435 g/mol. The highest BCUT2D eigenvalue weighted by Gasteiger charge is 2.35. The second-order valence-electron chi connectivity index (χ2n) is 8.07. The summed E-state index contributed by atoms with van der Waals surface area (Å²) >= 11 is 0. The quantitative estimate of drug-likeness (QED) is 0.549. The molecule has 3 aromatic rings. The molecule has 1 aromatic carbocycles. The summed E-state index contributed by atoms with van der Waals surface area (Å²) < 4.78 is 40.1. The number of aromatic nitrogens is 4. The van der Waals surface area contributed by atoms with Crippen LogP contribution in [0, 0.1) is 5.82 Å². The molecule has 0 spiro atoms. The number of hydrogen-bond donors (Lipinski definition) is 2. The molecule has 0 amide bonds. The van der Waals surface area contributed by atoms with Gasteiger partial charge in [0.05, 0.1) is 22.8 Å². The van der Waals surface area contributed by atoms with E-state index in [1.807, 2.05) is 36.5 Å². The van der Waals surface area contributed by atoms with E-state index in [0.717, 1.165) is 11.3 Å². The van der Waals surface area contributed by atoms with Crippen molar-refractivity contribution in [3.63, 3.8) is 0 Å². The van der Waals surface area contributed by atoms with Crippen LogP contribution < -0.4 is 10.2 Å². The van der Waals surface area contributed by atoms with Gasteiger partial charge in [0.2, 0.25) is 5.82 Å². The van der Waals surface area contributed by atoms with Gasteiger partial charge in [0, 0.05) is 32.5 Å². The summed E-state index contributed by atoms with van der Waals surface area (Å²) in [4.78, 5) is 9.71. The van der Waals surface area contributed by atoms with Crippen molar-refractivity contribution >= 4 is 21.5 Å². The van der Waals surface area contributed by atoms with Crippen molar-refractivity contribution in [1.82, 2.24) is 19.7 Å². The summed E-state index contributed by atoms with van der Waals surface area (Å²) in [5.41, 5.74) is 0.627. The molecule has 3 heterocycles. The van der Waals surface area contributed by atoms with Crippen LogP contribution in [0.5, 0.6) is 0 Å². The van der Waals surface area contributed by atoms with Gasteiger partial charge in [-0.1, -0.05) is 12.1 Å². The standard InChI is InChI=1S/C21H25FN6O3S/c1-27(13-16-4-2-5-17(12-16)28-9-3-8-26-28)20-18(22)19(24-15-25-20)23-14-21(29)6-10-32(30,31)11-7-21/h2-5,8-9,12,15,29H,6-7,10-11,13-14H2,1H3,(H,23,24,25). The van der Waals surface area contributed by atoms with Crippen LogP contribution >= 0.6 is 0 Å². The summed E-state index contributed by atoms with van der Waals surface area (Å²) in [6, 6.07) is 9.59. The van der Waals surface area contributed by atoms with Gasteiger partial charge < -0.3 is 15.3 Å². The number of nitrogens with one attached hydrogen (secondary N) is 1. The summed E-state index contributed by atoms with van der Waals surface area (Å²) in [5.74, 6) is -0.712. The summed E-state index contributed by atoms with van der Waals surface area (Å²) in [7, 11) is -1.38. The van der Waals surface area contributed by atoms with Crippen molar-refractivity contribution in [2.45, 2.75) is 25.0 Å². The molecule has 0 unspecified atom stereocenters. The number of aliphatic hydroxyl groups is 1. The highest BCUT2D eigenvalue weighted by Crippen LogP contribution is 2.26. The Labute approximate surface area is 185 Å². The number of halogens is 1. The molecule has 0 saturated carbocycles. The minimum atomic E-state index is -3.11. The van der Waals surface area contributed by atoms with E-state index >= 15 is 4.39 Å². The maximum absolute atomic E-state index is 15.1. The summed E-state index contributed by atoms with van der Waals surface area (Å²) in [5, 5.41) is 17.7. The van der Waals surface area contributed by atoms with Crippen LogP contribution in [-0.4, -0.2) is 64.0 Å². The first-order valence-electron chi connectivity index (χ1n) is 10.2. The molecule has 32 heavy (non-hydrogen) atoms. The van der Waals surface area contributed by atoms with Crippen LogP contribution in [0.25, 0.3) is 5.69 Å². The van der Waals surface area contributed by atoms with E-state index in [0.29, 0.717) is 6.54 Å². The first-order chi connectivity index (χ1) is 15.2. The van der Waals surface area contributed by atoms with Gasteiger partial charge >= 0.3 is 0 Å². The molecule has 2 N–H and O–H groups in total. The molecule has 0 bridgehead atoms. The van der Waals surface area contributed by atoms with Gasteiger partial charge in [-0.15, -0.1) is 0 Å². The monoisotopic (exact) mass is 460 g/mol. The van der Waals surface area contributed by atoms with Crippen molar-refractivity contribution < 1.29 is 17.9 Å². The molecule has 9 nitrogen and oxygen atoms in total. The Balaban J connectivity index is 1.45. The van der Waals surface area contributed by atoms with Gasteiger partial charge in [0.15, 0.2) is 21.5 Å². The van der Waals surface area contributed by atoms with Crippen LogP contribution in [0.4, 0.5) is 16.0 Å². The predicted molar refractivity (Wildman–Crippen MR) is 119 cm³/mol. The van der Waals surface area contributed by atoms with Crippen molar-refractivity contribution in [2.75, 3.05) is 35.3 Å². The summed E-state index contributed by atoms with van der Waals surface area (Å²) in [6.45, 7) is 0.413. The molecule has 1 fully saturated rings. The smallest absolute Gasteiger partial charge is 0.207 e. The lowest BCUT2D eigenvalue weighted by Gasteiger charge is -2.32. The van der Waals surface area contributed by atoms with E-state index in [1.165, 1.54) is 6.33 Å². The van der Waals surface area contributed by atoms with E-state index in [1.54, 1.807) is 22.8 Å². The molecular formula is C21H25FN6O3S. The number of hydrogen-bond acceptors (Lipinski definition) is 8. The van der Waals surface area contributed by atoms with Crippen molar-refractivity contribution in [2.24, 2.45) is 0 Å². The third kappa shape index (κ3) is 5.05. The fraction of sp³-hybridized carbons (Fsp3) is 0.381. The Bertz CT molecular complexity index is 1170. The van der Waals surface area contributed by atoms with Crippen LogP contribution in [0.15, 0.2) is 49.1 Å². The van der Waals surface area contributed by atoms with Gasteiger partial charge in [0.1, 0.15) is 6.33 Å². The van der Waals surface area contributed by atoms with Gasteiger partial charge in [-0.25, -0.2) is 23.1 Å². The van der Waals surface area contributed by atoms with Gasteiger partial charge in [-0.3, -0.25) is 0 Å². The molecule has 2 aromatic heterocycles. The Morgan fingerprint density at radius 2 is 2.03 bits per heavy atom. The highest BCUT2D eigenvalue weighted by atomic mass is 32.2. The Morgan fingerprint density at radius 1 is 1.25 bits per heavy atom. The zero-order valence-corrected chi connectivity index (χ0v) is 18.5. The van der Waals surface area contributed by atoms with E-state index in [-0.39, 0.29) is 42.5 Å². The van der Waals surface area contributed by atoms with E-state index < -0.39 is 21.3 Å². The van der Waals surface area contributed by atoms with E-state index in [9.17, 15) is 13.5 Å². The molecule has 0 radical (unpaired) electrons. The van der Waals surface area contributed by atoms with E-state index in [2.05, 4.69) is 20.4 Å². The number of rotatable bonds is 7. The van der Waals surface area contributed by atoms with Crippen molar-refractivity contribution in [1.29, 1.82) is 0 Å². The number of benzene rings is 1. The Kier molecular flexibility index (Phi) is 6.11. The van der Waals surface area contributed by atoms with Crippen LogP contribution in [0.2, 0.25) is 0 Å². The maximum Gasteiger partial charge on any atom is 0.207 e. The minimum absolute atomic E-state index is 0.00548. The fourth-order valence-corrected chi connectivity index (χ4v) is 5.25. The number of nitrogens with zero attached hydrogens (tertiary/aromatic N) is 5. The fourth-order valence-electron chi connectivity index (χ4n) is 3.66. The lowest BCUT2D eigenvalue weighted by molar-refractivity contribution is 0.0435. The van der Waals surface area contributed by atoms with Gasteiger partial charge in [0.25, 0.3) is 0 Å². The lowest BCUT2D eigenvalue weighted by atomic mass is 9.97. The maximum atomic E-state index is 15.1. The second kappa shape index (κ2) is 8.83. The second-order valence-corrected chi connectivity index (χ2v) is 10.4. The zero-order valence-electron chi connectivity index (χ0n) is 17.6. The Hall–Kier alpha value is -3.05. The normalized spacial score (nSPS) is 17.1. The topological polar surface area (TPSA) is 113 Å². The molecule has 4 rings (SSSR count). The summed E-state index contributed by atoms with van der Waals surface area (Å²) in [6.07, 6.45) is 5.02. The number of anilines is 2. The molecule has 0 aliphatic carbocycles. The minimum Gasteiger partial charge on any atom is -0.388 e. The van der Waals surface area contributed by atoms with Crippen molar-refractivity contribution in [3.05, 3.63) is 60.4 Å². The van der Waals surface area contributed by atoms with Gasteiger partial charge in [-0.05, 0) is 36.6 Å². The molecule has 170 valence electrons. The molecule has 11 heteroatoms. The third-order valence-electron chi connectivity index (χ3n) is 5.57. The van der Waals surface area contributed by atoms with Crippen molar-refractivity contribution in [3.8, 4) is 5.69 Å². The first kappa shape index (κ1) is 22.2. The number of sulfone groups is 1. The molecule has 1 aliphatic heterocycles. The van der Waals surface area contributed by atoms with Crippen LogP contribution in [-0.2, 0) is 16.4 Å². The average molecular weight is 461 g/mol. The first-order valence-corrected chi connectivity index (χ1v) is 12.0. The Morgan fingerprint density at radius 3 is 2.75 bits per heavy atom. The molecule has 1 saturated heterocycles. The lowest BCUT2D eigenvalue weighted by Crippen LogP contribution is -2.44. The molecule has 1 aliphatic rings. The average Bonchev–Trinajstić information content (AvgIpc) is 3.31. The predicted octanol–water partition coefficient (Wildman–Crippen LogP) is 1.79. The third-order valence-corrected chi connectivity index (χ3v) is 7.23. The highest BCUT2D eigenvalue weighted by molar-refractivity contribution is 7.91. The SMILES string of the molecule is CN(Cc1cccc(-n2cccn2)c1)c1ncnc(NCC2(O)CCS(=O)(=O)CC2)c1F. The zero-order chi connectivity index (χ0) is 22.8. The largest absolute Gasteiger partial charge is 0.388 e. The van der Waals surface area contributed by atoms with Gasteiger partial charge in [-0.2, -0.15) is 9.49 Å². The van der Waals surface area contributed by atoms with Crippen LogP contribution in [0.3, 0.4) is 0 Å². The molecule has 0 atom stereocenters.